The normalized spacial score (nSPS) is 16.7. The fourth-order valence-electron chi connectivity index (χ4n) is 3.73. The second-order valence-electron chi connectivity index (χ2n) is 7.30. The third kappa shape index (κ3) is 3.52. The SMILES string of the molecule is O=C(c1cnc2ccccc2n1)N1CCCC(c2nc(-c3cccc(F)c3)no2)C1. The van der Waals surface area contributed by atoms with Crippen LogP contribution in [-0.4, -0.2) is 44.0 Å². The van der Waals surface area contributed by atoms with E-state index in [-0.39, 0.29) is 17.6 Å². The number of aromatic nitrogens is 4. The summed E-state index contributed by atoms with van der Waals surface area (Å²) in [6.45, 7) is 1.09. The molecule has 150 valence electrons. The van der Waals surface area contributed by atoms with Crippen molar-refractivity contribution in [2.45, 2.75) is 18.8 Å². The van der Waals surface area contributed by atoms with Gasteiger partial charge in [-0.3, -0.25) is 9.78 Å². The molecule has 1 fully saturated rings. The number of para-hydroxylation sites is 2. The summed E-state index contributed by atoms with van der Waals surface area (Å²) in [4.78, 5) is 28.0. The summed E-state index contributed by atoms with van der Waals surface area (Å²) in [5, 5.41) is 3.99. The monoisotopic (exact) mass is 403 g/mol. The number of nitrogens with zero attached hydrogens (tertiary/aromatic N) is 5. The number of carbonyl (C=O) groups excluding carboxylic acids is 1. The van der Waals surface area contributed by atoms with Crippen LogP contribution in [0.4, 0.5) is 4.39 Å². The van der Waals surface area contributed by atoms with Gasteiger partial charge in [0.15, 0.2) is 0 Å². The van der Waals surface area contributed by atoms with Crippen LogP contribution in [0.5, 0.6) is 0 Å². The number of carbonyl (C=O) groups is 1. The van der Waals surface area contributed by atoms with Crippen LogP contribution in [0.25, 0.3) is 22.4 Å². The quantitative estimate of drug-likeness (QED) is 0.517. The van der Waals surface area contributed by atoms with E-state index in [1.807, 2.05) is 24.3 Å². The summed E-state index contributed by atoms with van der Waals surface area (Å²) in [7, 11) is 0. The van der Waals surface area contributed by atoms with E-state index in [4.69, 9.17) is 4.52 Å². The van der Waals surface area contributed by atoms with E-state index >= 15 is 0 Å². The number of rotatable bonds is 3. The minimum atomic E-state index is -0.357. The van der Waals surface area contributed by atoms with Crippen LogP contribution in [0, 0.1) is 5.82 Å². The Bertz CT molecular complexity index is 1220. The average molecular weight is 403 g/mol. The summed E-state index contributed by atoms with van der Waals surface area (Å²) in [5.74, 6) is 0.197. The smallest absolute Gasteiger partial charge is 0.274 e. The van der Waals surface area contributed by atoms with Gasteiger partial charge in [-0.05, 0) is 37.1 Å². The van der Waals surface area contributed by atoms with E-state index in [0.717, 1.165) is 18.4 Å². The number of piperidine rings is 1. The lowest BCUT2D eigenvalue weighted by Crippen LogP contribution is -2.39. The Morgan fingerprint density at radius 3 is 2.83 bits per heavy atom. The van der Waals surface area contributed by atoms with E-state index in [9.17, 15) is 9.18 Å². The average Bonchev–Trinajstić information content (AvgIpc) is 3.29. The molecule has 0 saturated carbocycles. The van der Waals surface area contributed by atoms with E-state index < -0.39 is 0 Å². The summed E-state index contributed by atoms with van der Waals surface area (Å²) < 4.78 is 18.9. The number of amides is 1. The predicted octanol–water partition coefficient (Wildman–Crippen LogP) is 3.84. The molecule has 3 heterocycles. The van der Waals surface area contributed by atoms with Crippen molar-refractivity contribution in [3.05, 3.63) is 72.1 Å². The highest BCUT2D eigenvalue weighted by molar-refractivity contribution is 5.93. The first-order valence-corrected chi connectivity index (χ1v) is 9.78. The highest BCUT2D eigenvalue weighted by atomic mass is 19.1. The molecule has 4 aromatic rings. The first kappa shape index (κ1) is 18.4. The molecule has 0 radical (unpaired) electrons. The third-order valence-electron chi connectivity index (χ3n) is 5.25. The molecular weight excluding hydrogens is 385 g/mol. The van der Waals surface area contributed by atoms with Gasteiger partial charge in [-0.15, -0.1) is 0 Å². The van der Waals surface area contributed by atoms with Gasteiger partial charge in [0.05, 0.1) is 23.1 Å². The van der Waals surface area contributed by atoms with Gasteiger partial charge in [0.2, 0.25) is 11.7 Å². The van der Waals surface area contributed by atoms with Gasteiger partial charge >= 0.3 is 0 Å². The standard InChI is InChI=1S/C22H18FN5O2/c23-16-7-3-5-14(11-16)20-26-21(30-27-20)15-6-4-10-28(13-15)22(29)19-12-24-17-8-1-2-9-18(17)25-19/h1-3,5,7-9,11-12,15H,4,6,10,13H2. The zero-order chi connectivity index (χ0) is 20.5. The number of fused-ring (bicyclic) bond motifs is 1. The van der Waals surface area contributed by atoms with Gasteiger partial charge < -0.3 is 9.42 Å². The lowest BCUT2D eigenvalue weighted by molar-refractivity contribution is 0.0689. The minimum absolute atomic E-state index is 0.0778. The van der Waals surface area contributed by atoms with Gasteiger partial charge in [-0.25, -0.2) is 9.37 Å². The molecule has 0 spiro atoms. The predicted molar refractivity (Wildman–Crippen MR) is 107 cm³/mol. The second kappa shape index (κ2) is 7.62. The molecule has 1 aliphatic heterocycles. The Balaban J connectivity index is 1.35. The Hall–Kier alpha value is -3.68. The molecule has 0 aliphatic carbocycles. The van der Waals surface area contributed by atoms with Crippen molar-refractivity contribution in [3.63, 3.8) is 0 Å². The van der Waals surface area contributed by atoms with Crippen LogP contribution in [0.1, 0.15) is 35.1 Å². The van der Waals surface area contributed by atoms with Crippen molar-refractivity contribution in [1.82, 2.24) is 25.0 Å². The number of hydrogen-bond acceptors (Lipinski definition) is 6. The summed E-state index contributed by atoms with van der Waals surface area (Å²) >= 11 is 0. The molecule has 1 unspecified atom stereocenters. The molecule has 8 heteroatoms. The molecule has 2 aromatic carbocycles. The molecule has 1 saturated heterocycles. The molecule has 1 aliphatic rings. The molecule has 0 bridgehead atoms. The van der Waals surface area contributed by atoms with Gasteiger partial charge in [0.1, 0.15) is 11.5 Å². The van der Waals surface area contributed by atoms with Crippen molar-refractivity contribution in [2.24, 2.45) is 0 Å². The molecule has 30 heavy (non-hydrogen) atoms. The van der Waals surface area contributed by atoms with E-state index in [2.05, 4.69) is 20.1 Å². The van der Waals surface area contributed by atoms with Gasteiger partial charge in [0.25, 0.3) is 5.91 Å². The Kier molecular flexibility index (Phi) is 4.66. The maximum atomic E-state index is 13.5. The maximum Gasteiger partial charge on any atom is 0.274 e. The van der Waals surface area contributed by atoms with E-state index in [0.29, 0.717) is 41.6 Å². The Morgan fingerprint density at radius 1 is 1.10 bits per heavy atom. The summed E-state index contributed by atoms with van der Waals surface area (Å²) in [5.41, 5.74) is 2.32. The fraction of sp³-hybridized carbons (Fsp3) is 0.227. The Morgan fingerprint density at radius 2 is 1.97 bits per heavy atom. The number of halogens is 1. The van der Waals surface area contributed by atoms with Gasteiger partial charge in [0, 0.05) is 18.7 Å². The lowest BCUT2D eigenvalue weighted by Gasteiger charge is -2.30. The van der Waals surface area contributed by atoms with Crippen molar-refractivity contribution in [1.29, 1.82) is 0 Å². The van der Waals surface area contributed by atoms with Gasteiger partial charge in [-0.1, -0.05) is 29.4 Å². The van der Waals surface area contributed by atoms with Crippen LogP contribution < -0.4 is 0 Å². The van der Waals surface area contributed by atoms with Crippen LogP contribution in [0.15, 0.2) is 59.3 Å². The summed E-state index contributed by atoms with van der Waals surface area (Å²) in [6.07, 6.45) is 3.16. The van der Waals surface area contributed by atoms with Crippen LogP contribution in [0.2, 0.25) is 0 Å². The highest BCUT2D eigenvalue weighted by Crippen LogP contribution is 2.28. The van der Waals surface area contributed by atoms with E-state index in [1.165, 1.54) is 18.3 Å². The maximum absolute atomic E-state index is 13.5. The molecule has 1 amide bonds. The molecule has 5 rings (SSSR count). The minimum Gasteiger partial charge on any atom is -0.339 e. The number of likely N-dealkylation sites (tertiary alicyclic amines) is 1. The zero-order valence-corrected chi connectivity index (χ0v) is 16.0. The first-order chi connectivity index (χ1) is 14.7. The zero-order valence-electron chi connectivity index (χ0n) is 16.0. The van der Waals surface area contributed by atoms with Crippen molar-refractivity contribution in [2.75, 3.05) is 13.1 Å². The fourth-order valence-corrected chi connectivity index (χ4v) is 3.73. The third-order valence-corrected chi connectivity index (χ3v) is 5.25. The molecule has 2 aromatic heterocycles. The van der Waals surface area contributed by atoms with Crippen LogP contribution >= 0.6 is 0 Å². The number of hydrogen-bond donors (Lipinski definition) is 0. The topological polar surface area (TPSA) is 85.0 Å². The number of benzene rings is 2. The Labute approximate surface area is 171 Å². The van der Waals surface area contributed by atoms with Crippen molar-refractivity contribution >= 4 is 16.9 Å². The summed E-state index contributed by atoms with van der Waals surface area (Å²) in [6, 6.07) is 13.5. The first-order valence-electron chi connectivity index (χ1n) is 9.78. The molecule has 0 N–H and O–H groups in total. The van der Waals surface area contributed by atoms with Crippen LogP contribution in [-0.2, 0) is 0 Å². The van der Waals surface area contributed by atoms with Gasteiger partial charge in [-0.2, -0.15) is 4.98 Å². The van der Waals surface area contributed by atoms with Crippen molar-refractivity contribution < 1.29 is 13.7 Å². The van der Waals surface area contributed by atoms with Crippen molar-refractivity contribution in [3.8, 4) is 11.4 Å². The highest BCUT2D eigenvalue weighted by Gasteiger charge is 2.30. The molecule has 7 nitrogen and oxygen atoms in total. The molecular formula is C22H18FN5O2. The van der Waals surface area contributed by atoms with E-state index in [1.54, 1.807) is 17.0 Å². The largest absolute Gasteiger partial charge is 0.339 e. The van der Waals surface area contributed by atoms with Crippen LogP contribution in [0.3, 0.4) is 0 Å². The second-order valence-corrected chi connectivity index (χ2v) is 7.30. The lowest BCUT2D eigenvalue weighted by atomic mass is 9.97. The molecule has 1 atom stereocenters.